The first kappa shape index (κ1) is 23.2. The Balaban J connectivity index is 1.69. The Bertz CT molecular complexity index is 1340. The van der Waals surface area contributed by atoms with E-state index in [1.807, 2.05) is 0 Å². The molecule has 10 nitrogen and oxygen atoms in total. The molecule has 1 aromatic heterocycles. The number of nitro groups is 1. The number of aromatic amines is 1. The molecular weight excluding hydrogens is 447 g/mol. The van der Waals surface area contributed by atoms with E-state index in [-0.39, 0.29) is 24.0 Å². The first-order valence-electron chi connectivity index (χ1n) is 10.4. The maximum Gasteiger partial charge on any atom is 0.314 e. The number of aliphatic hydroxyl groups is 1. The quantitative estimate of drug-likeness (QED) is 0.385. The van der Waals surface area contributed by atoms with Gasteiger partial charge in [-0.2, -0.15) is 4.39 Å². The molecule has 1 saturated heterocycles. The van der Waals surface area contributed by atoms with E-state index in [1.165, 1.54) is 32.4 Å². The average molecular weight is 470 g/mol. The molecule has 0 saturated carbocycles. The van der Waals surface area contributed by atoms with Gasteiger partial charge in [0.2, 0.25) is 17.4 Å². The molecular formula is C23H23FN4O6. The van der Waals surface area contributed by atoms with Crippen molar-refractivity contribution in [3.63, 3.8) is 0 Å². The molecule has 0 spiro atoms. The van der Waals surface area contributed by atoms with Gasteiger partial charge in [-0.25, -0.2) is 0 Å². The topological polar surface area (TPSA) is 140 Å². The van der Waals surface area contributed by atoms with Crippen LogP contribution in [0.2, 0.25) is 0 Å². The van der Waals surface area contributed by atoms with Gasteiger partial charge in [0.05, 0.1) is 15.8 Å². The molecule has 3 N–H and O–H groups in total. The molecule has 3 aromatic rings. The van der Waals surface area contributed by atoms with Gasteiger partial charge in [0.1, 0.15) is 11.8 Å². The molecule has 2 heterocycles. The summed E-state index contributed by atoms with van der Waals surface area (Å²) in [6.07, 6.45) is 1.08. The molecule has 2 atom stereocenters. The number of nitro benzene ring substituents is 1. The molecule has 1 aliphatic heterocycles. The molecule has 0 unspecified atom stereocenters. The Morgan fingerprint density at radius 2 is 1.91 bits per heavy atom. The van der Waals surface area contributed by atoms with Crippen molar-refractivity contribution in [3.8, 4) is 5.75 Å². The third-order valence-electron chi connectivity index (χ3n) is 6.60. The molecule has 4 rings (SSSR count). The van der Waals surface area contributed by atoms with Gasteiger partial charge in [-0.3, -0.25) is 19.7 Å². The average Bonchev–Trinajstić information content (AvgIpc) is 3.19. The Morgan fingerprint density at radius 3 is 2.59 bits per heavy atom. The Kier molecular flexibility index (Phi) is 5.52. The molecule has 34 heavy (non-hydrogen) atoms. The normalized spacial score (nSPS) is 20.9. The molecule has 0 radical (unpaired) electrons. The van der Waals surface area contributed by atoms with E-state index >= 15 is 0 Å². The van der Waals surface area contributed by atoms with Gasteiger partial charge >= 0.3 is 5.69 Å². The van der Waals surface area contributed by atoms with Gasteiger partial charge in [-0.15, -0.1) is 0 Å². The number of H-pyrrole nitrogens is 1. The minimum atomic E-state index is -2.20. The van der Waals surface area contributed by atoms with Crippen LogP contribution in [-0.2, 0) is 22.4 Å². The number of carbonyl (C=O) groups excluding carboxylic acids is 2. The zero-order valence-electron chi connectivity index (χ0n) is 18.7. The minimum absolute atomic E-state index is 0.00210. The summed E-state index contributed by atoms with van der Waals surface area (Å²) in [5.41, 5.74) is -1.33. The van der Waals surface area contributed by atoms with Gasteiger partial charge < -0.3 is 25.0 Å². The van der Waals surface area contributed by atoms with Crippen LogP contribution in [0.4, 0.5) is 10.1 Å². The molecule has 2 aromatic carbocycles. The number of hydrogen-bond donors (Lipinski definition) is 3. The summed E-state index contributed by atoms with van der Waals surface area (Å²) in [5.74, 6) is -2.35. The van der Waals surface area contributed by atoms with Crippen molar-refractivity contribution in [2.45, 2.75) is 31.5 Å². The van der Waals surface area contributed by atoms with Crippen LogP contribution in [0.3, 0.4) is 0 Å². The number of fused-ring (bicyclic) bond motifs is 1. The molecule has 0 bridgehead atoms. The second-order valence-electron chi connectivity index (χ2n) is 8.48. The number of phenols is 1. The first-order valence-corrected chi connectivity index (χ1v) is 10.4. The van der Waals surface area contributed by atoms with E-state index in [2.05, 4.69) is 4.98 Å². The number of benzene rings is 2. The minimum Gasteiger partial charge on any atom is -0.508 e. The van der Waals surface area contributed by atoms with Gasteiger partial charge in [0.25, 0.3) is 5.91 Å². The van der Waals surface area contributed by atoms with E-state index in [4.69, 9.17) is 0 Å². The van der Waals surface area contributed by atoms with Crippen molar-refractivity contribution in [2.24, 2.45) is 0 Å². The predicted octanol–water partition coefficient (Wildman–Crippen LogP) is 2.00. The predicted molar refractivity (Wildman–Crippen MR) is 119 cm³/mol. The lowest BCUT2D eigenvalue weighted by molar-refractivity contribution is -0.385. The second-order valence-corrected chi connectivity index (χ2v) is 8.48. The third-order valence-corrected chi connectivity index (χ3v) is 6.60. The summed E-state index contributed by atoms with van der Waals surface area (Å²) in [7, 11) is 2.66. The number of aromatic nitrogens is 1. The van der Waals surface area contributed by atoms with E-state index in [0.717, 1.165) is 15.9 Å². The molecule has 178 valence electrons. The Labute approximate surface area is 193 Å². The fraction of sp³-hybridized carbons (Fsp3) is 0.304. The number of aromatic hydroxyl groups is 1. The van der Waals surface area contributed by atoms with E-state index in [0.29, 0.717) is 22.2 Å². The molecule has 0 aliphatic carbocycles. The lowest BCUT2D eigenvalue weighted by atomic mass is 9.91. The highest BCUT2D eigenvalue weighted by Gasteiger charge is 2.53. The van der Waals surface area contributed by atoms with Crippen LogP contribution in [0, 0.1) is 22.9 Å². The number of piperazine rings is 1. The van der Waals surface area contributed by atoms with Crippen LogP contribution in [0.5, 0.6) is 5.75 Å². The summed E-state index contributed by atoms with van der Waals surface area (Å²) < 4.78 is 14.2. The fourth-order valence-corrected chi connectivity index (χ4v) is 4.48. The fourth-order valence-electron chi connectivity index (χ4n) is 4.48. The van der Waals surface area contributed by atoms with Crippen LogP contribution in [0.15, 0.2) is 36.5 Å². The standard InChI is InChI=1S/C23H23FN4O6/c1-12-13(5-4-6-18(12)29)10-23(32)22(31)26(2)17(21(30)27(23)3)9-14-11-25-16-8-7-15(24)20(19(14)16)28(33)34/h4-8,11,17,25,29,32H,9-10H2,1-3H3/t17-,23+/m0/s1. The van der Waals surface area contributed by atoms with Crippen molar-refractivity contribution in [1.82, 2.24) is 14.8 Å². The lowest BCUT2D eigenvalue weighted by Gasteiger charge is -2.47. The summed E-state index contributed by atoms with van der Waals surface area (Å²) in [6, 6.07) is 5.97. The number of phenolic OH excluding ortho intramolecular Hbond substituents is 1. The van der Waals surface area contributed by atoms with Crippen molar-refractivity contribution in [3.05, 3.63) is 69.2 Å². The maximum atomic E-state index is 14.2. The van der Waals surface area contributed by atoms with Gasteiger partial charge in [0, 0.05) is 33.1 Å². The highest BCUT2D eigenvalue weighted by molar-refractivity contribution is 5.99. The largest absolute Gasteiger partial charge is 0.508 e. The van der Waals surface area contributed by atoms with E-state index in [1.54, 1.807) is 19.1 Å². The monoisotopic (exact) mass is 470 g/mol. The Hall–Kier alpha value is -3.99. The van der Waals surface area contributed by atoms with Crippen LogP contribution in [-0.4, -0.2) is 67.6 Å². The maximum absolute atomic E-state index is 14.2. The van der Waals surface area contributed by atoms with Gasteiger partial charge in [-0.05, 0) is 41.8 Å². The number of rotatable bonds is 5. The van der Waals surface area contributed by atoms with Gasteiger partial charge in [-0.1, -0.05) is 12.1 Å². The summed E-state index contributed by atoms with van der Waals surface area (Å²) in [4.78, 5) is 42.1. The number of hydrogen-bond acceptors (Lipinski definition) is 6. The van der Waals surface area contributed by atoms with Crippen LogP contribution >= 0.6 is 0 Å². The number of likely N-dealkylation sites (N-methyl/N-ethyl adjacent to an activating group) is 2. The highest BCUT2D eigenvalue weighted by Crippen LogP contribution is 2.35. The van der Waals surface area contributed by atoms with E-state index < -0.39 is 40.0 Å². The molecule has 2 amide bonds. The van der Waals surface area contributed by atoms with Crippen molar-refractivity contribution >= 4 is 28.4 Å². The smallest absolute Gasteiger partial charge is 0.314 e. The SMILES string of the molecule is Cc1c(O)cccc1C[C@@]1(O)C(=O)N(C)[C@@H](Cc2c[nH]c3ccc(F)c([N+](=O)[O-])c23)C(=O)N1C. The second kappa shape index (κ2) is 8.10. The lowest BCUT2D eigenvalue weighted by Crippen LogP contribution is -2.71. The molecule has 1 aliphatic rings. The summed E-state index contributed by atoms with van der Waals surface area (Å²) in [5, 5.41) is 32.7. The third kappa shape index (κ3) is 3.45. The number of amides is 2. The first-order chi connectivity index (χ1) is 16.0. The Morgan fingerprint density at radius 1 is 1.21 bits per heavy atom. The van der Waals surface area contributed by atoms with Crippen LogP contribution in [0.1, 0.15) is 16.7 Å². The summed E-state index contributed by atoms with van der Waals surface area (Å²) >= 11 is 0. The number of carbonyl (C=O) groups is 2. The van der Waals surface area contributed by atoms with Crippen LogP contribution < -0.4 is 0 Å². The van der Waals surface area contributed by atoms with Crippen molar-refractivity contribution < 1.29 is 29.1 Å². The van der Waals surface area contributed by atoms with Crippen molar-refractivity contribution in [1.29, 1.82) is 0 Å². The molecule has 11 heteroatoms. The zero-order valence-corrected chi connectivity index (χ0v) is 18.7. The number of nitrogens with zero attached hydrogens (tertiary/aromatic N) is 3. The van der Waals surface area contributed by atoms with Gasteiger partial charge in [0.15, 0.2) is 0 Å². The highest BCUT2D eigenvalue weighted by atomic mass is 19.1. The number of halogens is 1. The van der Waals surface area contributed by atoms with Crippen molar-refractivity contribution in [2.75, 3.05) is 14.1 Å². The zero-order chi connectivity index (χ0) is 24.9. The summed E-state index contributed by atoms with van der Waals surface area (Å²) in [6.45, 7) is 1.64. The van der Waals surface area contributed by atoms with Crippen LogP contribution in [0.25, 0.3) is 10.9 Å². The number of nitrogens with one attached hydrogen (secondary N) is 1. The molecule has 1 fully saturated rings. The van der Waals surface area contributed by atoms with E-state index in [9.17, 15) is 34.3 Å².